The Balaban J connectivity index is 1.55. The molecule has 6 nitrogen and oxygen atoms in total. The first-order valence-electron chi connectivity index (χ1n) is 8.85. The molecule has 0 bridgehead atoms. The topological polar surface area (TPSA) is 55.7 Å². The van der Waals surface area contributed by atoms with Crippen molar-refractivity contribution in [1.82, 2.24) is 19.8 Å². The zero-order valence-electron chi connectivity index (χ0n) is 14.2. The lowest BCUT2D eigenvalue weighted by atomic mass is 10.1. The molecule has 3 heterocycles. The summed E-state index contributed by atoms with van der Waals surface area (Å²) in [6.07, 6.45) is 8.48. The molecule has 1 aromatic rings. The summed E-state index contributed by atoms with van der Waals surface area (Å²) in [5, 5.41) is 9.03. The van der Waals surface area contributed by atoms with E-state index in [2.05, 4.69) is 31.7 Å². The average Bonchev–Trinajstić information content (AvgIpc) is 3.01. The molecule has 0 aromatic carbocycles. The van der Waals surface area contributed by atoms with Gasteiger partial charge in [0.25, 0.3) is 0 Å². The van der Waals surface area contributed by atoms with Crippen LogP contribution in [0.2, 0.25) is 0 Å². The summed E-state index contributed by atoms with van der Waals surface area (Å²) in [7, 11) is 2.16. The van der Waals surface area contributed by atoms with Gasteiger partial charge in [0.2, 0.25) is 5.95 Å². The van der Waals surface area contributed by atoms with Crippen molar-refractivity contribution >= 4 is 5.95 Å². The number of rotatable bonds is 6. The number of hydrogen-bond acceptors (Lipinski definition) is 6. The molecule has 0 aliphatic carbocycles. The molecular formula is C17H29N5O. The van der Waals surface area contributed by atoms with Gasteiger partial charge < -0.3 is 14.9 Å². The van der Waals surface area contributed by atoms with Crippen LogP contribution in [-0.4, -0.2) is 77.3 Å². The number of likely N-dealkylation sites (tertiary alicyclic amines) is 1. The summed E-state index contributed by atoms with van der Waals surface area (Å²) in [4.78, 5) is 16.3. The molecule has 1 N–H and O–H groups in total. The maximum absolute atomic E-state index is 9.03. The fourth-order valence-corrected chi connectivity index (χ4v) is 3.59. The summed E-state index contributed by atoms with van der Waals surface area (Å²) in [6.45, 7) is 6.54. The van der Waals surface area contributed by atoms with Crippen molar-refractivity contribution in [2.75, 3.05) is 51.3 Å². The molecule has 2 fully saturated rings. The molecule has 1 unspecified atom stereocenters. The first-order valence-corrected chi connectivity index (χ1v) is 8.85. The lowest BCUT2D eigenvalue weighted by Gasteiger charge is -2.32. The monoisotopic (exact) mass is 319 g/mol. The standard InChI is InChI=1S/C17H29N5O/c1-20-7-9-21(10-8-20)17-18-12-15(13-19-17)14-22-6-2-4-16(22)5-3-11-23/h12-13,16,23H,2-11,14H2,1H3. The highest BCUT2D eigenvalue weighted by Gasteiger charge is 2.24. The fourth-order valence-electron chi connectivity index (χ4n) is 3.59. The number of aliphatic hydroxyl groups is 1. The van der Waals surface area contributed by atoms with Gasteiger partial charge in [0, 0.05) is 63.3 Å². The fraction of sp³-hybridized carbons (Fsp3) is 0.765. The quantitative estimate of drug-likeness (QED) is 0.843. The van der Waals surface area contributed by atoms with Gasteiger partial charge in [-0.25, -0.2) is 9.97 Å². The highest BCUT2D eigenvalue weighted by molar-refractivity contribution is 5.30. The highest BCUT2D eigenvalue weighted by atomic mass is 16.2. The first-order chi connectivity index (χ1) is 11.3. The number of aromatic nitrogens is 2. The number of nitrogens with zero attached hydrogens (tertiary/aromatic N) is 5. The van der Waals surface area contributed by atoms with Crippen molar-refractivity contribution in [2.24, 2.45) is 0 Å². The molecule has 1 aromatic heterocycles. The Morgan fingerprint density at radius 1 is 1.13 bits per heavy atom. The van der Waals surface area contributed by atoms with E-state index < -0.39 is 0 Å². The van der Waals surface area contributed by atoms with E-state index in [9.17, 15) is 0 Å². The lowest BCUT2D eigenvalue weighted by molar-refractivity contribution is 0.210. The van der Waals surface area contributed by atoms with Crippen molar-refractivity contribution in [3.8, 4) is 0 Å². The van der Waals surface area contributed by atoms with Crippen molar-refractivity contribution in [2.45, 2.75) is 38.3 Å². The Labute approximate surface area is 139 Å². The minimum absolute atomic E-state index is 0.299. The Hall–Kier alpha value is -1.24. The van der Waals surface area contributed by atoms with Gasteiger partial charge in [-0.3, -0.25) is 4.90 Å². The molecule has 2 aliphatic heterocycles. The number of anilines is 1. The molecule has 0 saturated carbocycles. The minimum Gasteiger partial charge on any atom is -0.396 e. The second kappa shape index (κ2) is 8.04. The highest BCUT2D eigenvalue weighted by Crippen LogP contribution is 2.23. The van der Waals surface area contributed by atoms with E-state index >= 15 is 0 Å². The number of likely N-dealkylation sites (N-methyl/N-ethyl adjacent to an activating group) is 1. The van der Waals surface area contributed by atoms with E-state index in [1.807, 2.05) is 12.4 Å². The van der Waals surface area contributed by atoms with Crippen LogP contribution < -0.4 is 4.90 Å². The Bertz CT molecular complexity index is 472. The number of aliphatic hydroxyl groups excluding tert-OH is 1. The van der Waals surface area contributed by atoms with Crippen LogP contribution in [0.3, 0.4) is 0 Å². The van der Waals surface area contributed by atoms with Crippen molar-refractivity contribution in [3.05, 3.63) is 18.0 Å². The van der Waals surface area contributed by atoms with Crippen LogP contribution in [-0.2, 0) is 6.54 Å². The van der Waals surface area contributed by atoms with Gasteiger partial charge in [0.05, 0.1) is 0 Å². The Morgan fingerprint density at radius 3 is 2.57 bits per heavy atom. The van der Waals surface area contributed by atoms with Crippen LogP contribution >= 0.6 is 0 Å². The van der Waals surface area contributed by atoms with Gasteiger partial charge in [-0.2, -0.15) is 0 Å². The predicted molar refractivity (Wildman–Crippen MR) is 91.5 cm³/mol. The smallest absolute Gasteiger partial charge is 0.225 e. The van der Waals surface area contributed by atoms with Crippen molar-refractivity contribution < 1.29 is 5.11 Å². The zero-order chi connectivity index (χ0) is 16.1. The van der Waals surface area contributed by atoms with Gasteiger partial charge in [0.1, 0.15) is 0 Å². The zero-order valence-corrected chi connectivity index (χ0v) is 14.2. The number of hydrogen-bond donors (Lipinski definition) is 1. The third-order valence-corrected chi connectivity index (χ3v) is 5.06. The molecule has 1 atom stereocenters. The summed E-state index contributed by atoms with van der Waals surface area (Å²) in [6, 6.07) is 0.611. The van der Waals surface area contributed by atoms with E-state index in [0.29, 0.717) is 12.6 Å². The van der Waals surface area contributed by atoms with Crippen molar-refractivity contribution in [3.63, 3.8) is 0 Å². The van der Waals surface area contributed by atoms with Crippen molar-refractivity contribution in [1.29, 1.82) is 0 Å². The molecular weight excluding hydrogens is 290 g/mol. The molecule has 128 valence electrons. The van der Waals surface area contributed by atoms with E-state index in [4.69, 9.17) is 5.11 Å². The molecule has 23 heavy (non-hydrogen) atoms. The second-order valence-corrected chi connectivity index (χ2v) is 6.81. The predicted octanol–water partition coefficient (Wildman–Crippen LogP) is 0.965. The van der Waals surface area contributed by atoms with E-state index in [0.717, 1.165) is 58.1 Å². The maximum atomic E-state index is 9.03. The van der Waals surface area contributed by atoms with Crippen LogP contribution in [0.25, 0.3) is 0 Å². The van der Waals surface area contributed by atoms with E-state index in [1.165, 1.54) is 18.4 Å². The van der Waals surface area contributed by atoms with Crippen LogP contribution in [0, 0.1) is 0 Å². The number of piperazine rings is 1. The van der Waals surface area contributed by atoms with Crippen LogP contribution in [0.1, 0.15) is 31.2 Å². The summed E-state index contributed by atoms with van der Waals surface area (Å²) < 4.78 is 0. The van der Waals surface area contributed by atoms with E-state index in [-0.39, 0.29) is 0 Å². The molecule has 3 rings (SSSR count). The van der Waals surface area contributed by atoms with Crippen LogP contribution in [0.5, 0.6) is 0 Å². The molecule has 2 aliphatic rings. The SMILES string of the molecule is CN1CCN(c2ncc(CN3CCCC3CCCO)cn2)CC1. The lowest BCUT2D eigenvalue weighted by Crippen LogP contribution is -2.45. The van der Waals surface area contributed by atoms with Gasteiger partial charge >= 0.3 is 0 Å². The summed E-state index contributed by atoms with van der Waals surface area (Å²) >= 11 is 0. The Kier molecular flexibility index (Phi) is 5.80. The third kappa shape index (κ3) is 4.40. The third-order valence-electron chi connectivity index (χ3n) is 5.06. The van der Waals surface area contributed by atoms with Gasteiger partial charge in [0.15, 0.2) is 0 Å². The summed E-state index contributed by atoms with van der Waals surface area (Å²) in [5.74, 6) is 0.861. The van der Waals surface area contributed by atoms with Gasteiger partial charge in [-0.15, -0.1) is 0 Å². The summed E-state index contributed by atoms with van der Waals surface area (Å²) in [5.41, 5.74) is 1.19. The largest absolute Gasteiger partial charge is 0.396 e. The van der Waals surface area contributed by atoms with Crippen LogP contribution in [0.4, 0.5) is 5.95 Å². The normalized spacial score (nSPS) is 23.6. The molecule has 6 heteroatoms. The molecule has 0 radical (unpaired) electrons. The molecule has 0 spiro atoms. The van der Waals surface area contributed by atoms with Gasteiger partial charge in [-0.1, -0.05) is 0 Å². The second-order valence-electron chi connectivity index (χ2n) is 6.81. The Morgan fingerprint density at radius 2 is 1.87 bits per heavy atom. The average molecular weight is 319 g/mol. The first kappa shape index (κ1) is 16.6. The van der Waals surface area contributed by atoms with E-state index in [1.54, 1.807) is 0 Å². The van der Waals surface area contributed by atoms with Gasteiger partial charge in [-0.05, 0) is 39.3 Å². The van der Waals surface area contributed by atoms with Crippen LogP contribution in [0.15, 0.2) is 12.4 Å². The molecule has 0 amide bonds. The molecule has 2 saturated heterocycles. The maximum Gasteiger partial charge on any atom is 0.225 e. The minimum atomic E-state index is 0.299.